The van der Waals surface area contributed by atoms with Gasteiger partial charge in [-0.15, -0.1) is 0 Å². The van der Waals surface area contributed by atoms with Gasteiger partial charge in [0.2, 0.25) is 5.88 Å². The molecule has 0 spiro atoms. The van der Waals surface area contributed by atoms with E-state index < -0.39 is 35.4 Å². The Hall–Kier alpha value is -1.60. The van der Waals surface area contributed by atoms with Gasteiger partial charge in [0, 0.05) is 11.8 Å². The van der Waals surface area contributed by atoms with E-state index in [0.717, 1.165) is 13.2 Å². The molecule has 0 aliphatic heterocycles. The number of methoxy groups -OCH3 is 1. The van der Waals surface area contributed by atoms with Crippen LogP contribution < -0.4 is 10.5 Å². The van der Waals surface area contributed by atoms with Gasteiger partial charge in [-0.3, -0.25) is 0 Å². The van der Waals surface area contributed by atoms with Gasteiger partial charge < -0.3 is 10.5 Å². The van der Waals surface area contributed by atoms with Gasteiger partial charge in [0.25, 0.3) is 6.43 Å². The van der Waals surface area contributed by atoms with Gasteiger partial charge in [0.05, 0.1) is 12.7 Å². The lowest BCUT2D eigenvalue weighted by molar-refractivity contribution is -0.143. The van der Waals surface area contributed by atoms with Crippen LogP contribution in [0.1, 0.15) is 17.7 Å². The number of rotatable bonds is 2. The second kappa shape index (κ2) is 4.11. The highest BCUT2D eigenvalue weighted by molar-refractivity contribution is 5.53. The van der Waals surface area contributed by atoms with E-state index in [-0.39, 0.29) is 0 Å². The summed E-state index contributed by atoms with van der Waals surface area (Å²) >= 11 is 0. The van der Waals surface area contributed by atoms with Crippen LogP contribution in [0.3, 0.4) is 0 Å². The summed E-state index contributed by atoms with van der Waals surface area (Å²) in [5, 5.41) is 0. The molecule has 1 heterocycles. The second-order valence-corrected chi connectivity index (χ2v) is 2.81. The normalized spacial score (nSPS) is 11.9. The third kappa shape index (κ3) is 2.31. The Morgan fingerprint density at radius 2 is 1.94 bits per heavy atom. The van der Waals surface area contributed by atoms with Gasteiger partial charge in [-0.2, -0.15) is 13.2 Å². The van der Waals surface area contributed by atoms with Crippen LogP contribution in [0.4, 0.5) is 27.6 Å². The third-order valence-corrected chi connectivity index (χ3v) is 1.76. The fraction of sp³-hybridized carbons (Fsp3) is 0.375. The highest BCUT2D eigenvalue weighted by Gasteiger charge is 2.39. The topological polar surface area (TPSA) is 48.1 Å². The van der Waals surface area contributed by atoms with E-state index >= 15 is 0 Å². The van der Waals surface area contributed by atoms with Gasteiger partial charge in [-0.25, -0.2) is 13.8 Å². The van der Waals surface area contributed by atoms with E-state index in [1.165, 1.54) is 0 Å². The van der Waals surface area contributed by atoms with Crippen molar-refractivity contribution in [2.45, 2.75) is 12.6 Å². The number of nitrogens with zero attached hydrogens (tertiary/aromatic N) is 1. The molecule has 0 unspecified atom stereocenters. The van der Waals surface area contributed by atoms with E-state index in [4.69, 9.17) is 5.73 Å². The lowest BCUT2D eigenvalue weighted by Crippen LogP contribution is -2.15. The molecule has 16 heavy (non-hydrogen) atoms. The lowest BCUT2D eigenvalue weighted by Gasteiger charge is -2.14. The van der Waals surface area contributed by atoms with E-state index in [1.807, 2.05) is 0 Å². The fourth-order valence-electron chi connectivity index (χ4n) is 1.10. The standard InChI is InChI=1S/C8H7F5N2O/c1-16-4-2-3(14)5(7(9)10)6(15-4)8(11,12)13/h2,7H,1H3,(H2,14,15). The number of anilines is 1. The van der Waals surface area contributed by atoms with Gasteiger partial charge in [-0.1, -0.05) is 0 Å². The van der Waals surface area contributed by atoms with Crippen LogP contribution in [0, 0.1) is 0 Å². The van der Waals surface area contributed by atoms with E-state index in [2.05, 4.69) is 9.72 Å². The highest BCUT2D eigenvalue weighted by atomic mass is 19.4. The van der Waals surface area contributed by atoms with Crippen molar-refractivity contribution in [1.29, 1.82) is 0 Å². The molecule has 0 aliphatic rings. The summed E-state index contributed by atoms with van der Waals surface area (Å²) in [5.41, 5.74) is 1.35. The van der Waals surface area contributed by atoms with Crippen LogP contribution in [0.25, 0.3) is 0 Å². The molecular weight excluding hydrogens is 235 g/mol. The van der Waals surface area contributed by atoms with Crippen LogP contribution >= 0.6 is 0 Å². The van der Waals surface area contributed by atoms with Crippen molar-refractivity contribution in [1.82, 2.24) is 4.98 Å². The number of halogens is 5. The Morgan fingerprint density at radius 3 is 2.31 bits per heavy atom. The SMILES string of the molecule is COc1cc(N)c(C(F)F)c(C(F)(F)F)n1. The lowest BCUT2D eigenvalue weighted by atomic mass is 10.1. The molecule has 0 aliphatic carbocycles. The first kappa shape index (κ1) is 12.5. The van der Waals surface area contributed by atoms with Crippen LogP contribution in [0.15, 0.2) is 6.07 Å². The largest absolute Gasteiger partial charge is 0.481 e. The zero-order valence-electron chi connectivity index (χ0n) is 7.98. The number of aromatic nitrogens is 1. The average Bonchev–Trinajstić information content (AvgIpc) is 2.14. The van der Waals surface area contributed by atoms with Crippen LogP contribution in [-0.4, -0.2) is 12.1 Å². The number of alkyl halides is 5. The molecule has 0 saturated carbocycles. The molecule has 0 bridgehead atoms. The Balaban J connectivity index is 3.47. The summed E-state index contributed by atoms with van der Waals surface area (Å²) in [5.74, 6) is -0.464. The summed E-state index contributed by atoms with van der Waals surface area (Å²) in [6, 6.07) is 0.816. The second-order valence-electron chi connectivity index (χ2n) is 2.81. The van der Waals surface area contributed by atoms with Crippen molar-refractivity contribution in [2.75, 3.05) is 12.8 Å². The Labute approximate surface area is 87.0 Å². The first-order valence-electron chi connectivity index (χ1n) is 3.97. The molecule has 0 aromatic carbocycles. The van der Waals surface area contributed by atoms with E-state index in [1.54, 1.807) is 0 Å². The molecular formula is C8H7F5N2O. The van der Waals surface area contributed by atoms with Crippen molar-refractivity contribution < 1.29 is 26.7 Å². The third-order valence-electron chi connectivity index (χ3n) is 1.76. The molecule has 0 amide bonds. The molecule has 1 aromatic heterocycles. The summed E-state index contributed by atoms with van der Waals surface area (Å²) in [6.45, 7) is 0. The minimum absolute atomic E-state index is 0.464. The number of hydrogen-bond acceptors (Lipinski definition) is 3. The molecule has 0 fully saturated rings. The summed E-state index contributed by atoms with van der Waals surface area (Å²) in [4.78, 5) is 2.94. The van der Waals surface area contributed by atoms with Gasteiger partial charge in [0.1, 0.15) is 0 Å². The monoisotopic (exact) mass is 242 g/mol. The Bertz CT molecular complexity index is 391. The summed E-state index contributed by atoms with van der Waals surface area (Å²) in [7, 11) is 1.06. The minimum atomic E-state index is -5.01. The highest BCUT2D eigenvalue weighted by Crippen LogP contribution is 2.39. The molecule has 2 N–H and O–H groups in total. The molecule has 1 aromatic rings. The molecule has 1 rings (SSSR count). The zero-order chi connectivity index (χ0) is 12.5. The number of hydrogen-bond donors (Lipinski definition) is 1. The predicted octanol–water partition coefficient (Wildman–Crippen LogP) is 2.63. The van der Waals surface area contributed by atoms with Crippen molar-refractivity contribution in [2.24, 2.45) is 0 Å². The molecule has 90 valence electrons. The van der Waals surface area contributed by atoms with Gasteiger partial charge in [-0.05, 0) is 0 Å². The van der Waals surface area contributed by atoms with E-state index in [9.17, 15) is 22.0 Å². The molecule has 0 atom stereocenters. The first-order valence-corrected chi connectivity index (χ1v) is 3.97. The minimum Gasteiger partial charge on any atom is -0.481 e. The molecule has 0 radical (unpaired) electrons. The summed E-state index contributed by atoms with van der Waals surface area (Å²) < 4.78 is 66.4. The van der Waals surface area contributed by atoms with Crippen molar-refractivity contribution in [3.8, 4) is 5.88 Å². The molecule has 8 heteroatoms. The summed E-state index contributed by atoms with van der Waals surface area (Å²) in [6.07, 6.45) is -8.36. The fourth-order valence-corrected chi connectivity index (χ4v) is 1.10. The molecule has 0 saturated heterocycles. The Morgan fingerprint density at radius 1 is 1.38 bits per heavy atom. The van der Waals surface area contributed by atoms with E-state index in [0.29, 0.717) is 0 Å². The van der Waals surface area contributed by atoms with Crippen molar-refractivity contribution in [3.63, 3.8) is 0 Å². The maximum atomic E-state index is 12.4. The number of pyridine rings is 1. The average molecular weight is 242 g/mol. The van der Waals surface area contributed by atoms with Crippen molar-refractivity contribution in [3.05, 3.63) is 17.3 Å². The quantitative estimate of drug-likeness (QED) is 0.811. The van der Waals surface area contributed by atoms with Gasteiger partial charge >= 0.3 is 6.18 Å². The number of nitrogen functional groups attached to an aromatic ring is 1. The Kier molecular flexibility index (Phi) is 3.20. The first-order chi connectivity index (χ1) is 7.27. The number of ether oxygens (including phenoxy) is 1. The smallest absolute Gasteiger partial charge is 0.434 e. The van der Waals surface area contributed by atoms with Crippen LogP contribution in [0.5, 0.6) is 5.88 Å². The van der Waals surface area contributed by atoms with Crippen molar-refractivity contribution >= 4 is 5.69 Å². The predicted molar refractivity (Wildman–Crippen MR) is 45.2 cm³/mol. The molecule has 3 nitrogen and oxygen atoms in total. The van der Waals surface area contributed by atoms with Gasteiger partial charge in [0.15, 0.2) is 5.69 Å². The van der Waals surface area contributed by atoms with Crippen LogP contribution in [0.2, 0.25) is 0 Å². The number of nitrogens with two attached hydrogens (primary N) is 1. The van der Waals surface area contributed by atoms with Crippen LogP contribution in [-0.2, 0) is 6.18 Å². The zero-order valence-corrected chi connectivity index (χ0v) is 7.98. The maximum Gasteiger partial charge on any atom is 0.434 e. The maximum absolute atomic E-state index is 12.4.